The molecule has 0 radical (unpaired) electrons. The molecule has 0 unspecified atom stereocenters. The fourth-order valence-electron chi connectivity index (χ4n) is 1.06. The van der Waals surface area contributed by atoms with Crippen molar-refractivity contribution >= 4 is 5.82 Å². The van der Waals surface area contributed by atoms with Crippen LogP contribution >= 0.6 is 0 Å². The third-order valence-corrected chi connectivity index (χ3v) is 1.76. The van der Waals surface area contributed by atoms with Crippen LogP contribution in [0.4, 0.5) is 5.82 Å². The van der Waals surface area contributed by atoms with E-state index < -0.39 is 11.2 Å². The fourth-order valence-corrected chi connectivity index (χ4v) is 1.06. The predicted octanol–water partition coefficient (Wildman–Crippen LogP) is -1.50. The fraction of sp³-hybridized carbons (Fsp3) is 0.286. The summed E-state index contributed by atoms with van der Waals surface area (Å²) in [5, 5.41) is 12.0. The van der Waals surface area contributed by atoms with Gasteiger partial charge in [0.05, 0.1) is 0 Å². The summed E-state index contributed by atoms with van der Waals surface area (Å²) in [6.45, 7) is 0.404. The third-order valence-electron chi connectivity index (χ3n) is 1.76. The summed E-state index contributed by atoms with van der Waals surface area (Å²) >= 11 is 0. The van der Waals surface area contributed by atoms with E-state index in [0.29, 0.717) is 18.8 Å². The zero-order valence-electron chi connectivity index (χ0n) is 8.06. The van der Waals surface area contributed by atoms with Crippen molar-refractivity contribution in [2.24, 2.45) is 0 Å². The van der Waals surface area contributed by atoms with Gasteiger partial charge in [0.15, 0.2) is 5.82 Å². The second kappa shape index (κ2) is 4.38. The quantitative estimate of drug-likeness (QED) is 0.575. The van der Waals surface area contributed by atoms with E-state index in [-0.39, 0.29) is 5.82 Å². The van der Waals surface area contributed by atoms with Crippen LogP contribution in [-0.4, -0.2) is 31.9 Å². The Hall–Kier alpha value is -2.45. The molecule has 0 saturated carbocycles. The van der Waals surface area contributed by atoms with E-state index in [9.17, 15) is 9.59 Å². The maximum atomic E-state index is 11.2. The first-order chi connectivity index (χ1) is 7.75. The lowest BCUT2D eigenvalue weighted by atomic mass is 10.4. The van der Waals surface area contributed by atoms with Gasteiger partial charge in [0.1, 0.15) is 0 Å². The number of hydrogen-bond acceptors (Lipinski definition) is 7. The van der Waals surface area contributed by atoms with Gasteiger partial charge in [-0.3, -0.25) is 9.78 Å². The van der Waals surface area contributed by atoms with E-state index >= 15 is 0 Å². The number of nitrogens with one attached hydrogen (secondary N) is 3. The third kappa shape index (κ3) is 2.32. The molecule has 2 rings (SSSR count). The molecule has 0 amide bonds. The van der Waals surface area contributed by atoms with Crippen LogP contribution in [0.1, 0.15) is 5.82 Å². The lowest BCUT2D eigenvalue weighted by molar-refractivity contribution is 0.410. The molecule has 2 aromatic heterocycles. The van der Waals surface area contributed by atoms with Crippen molar-refractivity contribution in [2.45, 2.75) is 6.42 Å². The van der Waals surface area contributed by atoms with Gasteiger partial charge in [-0.2, -0.15) is 4.98 Å². The van der Waals surface area contributed by atoms with Gasteiger partial charge in [0, 0.05) is 13.0 Å². The van der Waals surface area contributed by atoms with Crippen LogP contribution in [0, 0.1) is 0 Å². The molecule has 9 nitrogen and oxygen atoms in total. The average Bonchev–Trinajstić information content (AvgIpc) is 2.74. The molecule has 2 heterocycles. The second-order valence-electron chi connectivity index (χ2n) is 2.88. The van der Waals surface area contributed by atoms with Crippen molar-refractivity contribution in [3.63, 3.8) is 0 Å². The van der Waals surface area contributed by atoms with Crippen molar-refractivity contribution in [2.75, 3.05) is 11.9 Å². The first kappa shape index (κ1) is 10.1. The summed E-state index contributed by atoms with van der Waals surface area (Å²) < 4.78 is 4.54. The Balaban J connectivity index is 1.95. The highest BCUT2D eigenvalue weighted by Crippen LogP contribution is 1.91. The Bertz CT molecular complexity index is 556. The Morgan fingerprint density at radius 1 is 1.44 bits per heavy atom. The van der Waals surface area contributed by atoms with Crippen LogP contribution in [0.5, 0.6) is 0 Å². The molecule has 84 valence electrons. The predicted molar refractivity (Wildman–Crippen MR) is 52.0 cm³/mol. The number of anilines is 1. The van der Waals surface area contributed by atoms with Gasteiger partial charge in [-0.25, -0.2) is 9.89 Å². The highest BCUT2D eigenvalue weighted by molar-refractivity contribution is 5.28. The lowest BCUT2D eigenvalue weighted by Crippen LogP contribution is -2.27. The summed E-state index contributed by atoms with van der Waals surface area (Å²) in [4.78, 5) is 27.7. The highest BCUT2D eigenvalue weighted by Gasteiger charge is 2.02. The van der Waals surface area contributed by atoms with Crippen LogP contribution in [0.15, 0.2) is 20.5 Å². The van der Waals surface area contributed by atoms with Crippen LogP contribution < -0.4 is 16.6 Å². The van der Waals surface area contributed by atoms with E-state index in [1.165, 1.54) is 6.39 Å². The summed E-state index contributed by atoms with van der Waals surface area (Å²) in [6.07, 6.45) is 1.71. The lowest BCUT2D eigenvalue weighted by Gasteiger charge is -2.00. The van der Waals surface area contributed by atoms with Crippen LogP contribution in [-0.2, 0) is 6.42 Å². The minimum absolute atomic E-state index is 0.0445. The summed E-state index contributed by atoms with van der Waals surface area (Å²) in [5.74, 6) is 0.566. The molecule has 16 heavy (non-hydrogen) atoms. The first-order valence-corrected chi connectivity index (χ1v) is 4.44. The van der Waals surface area contributed by atoms with Gasteiger partial charge >= 0.3 is 5.69 Å². The van der Waals surface area contributed by atoms with Gasteiger partial charge in [0.2, 0.25) is 12.2 Å². The molecule has 0 atom stereocenters. The molecular weight excluding hydrogens is 216 g/mol. The van der Waals surface area contributed by atoms with E-state index in [1.54, 1.807) is 0 Å². The number of rotatable bonds is 4. The van der Waals surface area contributed by atoms with Crippen molar-refractivity contribution in [1.29, 1.82) is 0 Å². The average molecular weight is 224 g/mol. The molecule has 3 N–H and O–H groups in total. The second-order valence-corrected chi connectivity index (χ2v) is 2.88. The van der Waals surface area contributed by atoms with Crippen molar-refractivity contribution in [3.8, 4) is 0 Å². The monoisotopic (exact) mass is 224 g/mol. The van der Waals surface area contributed by atoms with Gasteiger partial charge in [-0.15, -0.1) is 5.10 Å². The number of nitrogens with zero attached hydrogens (tertiary/aromatic N) is 3. The topological polar surface area (TPSA) is 130 Å². The number of hydrogen-bond donors (Lipinski definition) is 3. The van der Waals surface area contributed by atoms with Crippen LogP contribution in [0.25, 0.3) is 0 Å². The van der Waals surface area contributed by atoms with Gasteiger partial charge < -0.3 is 9.84 Å². The van der Waals surface area contributed by atoms with Crippen molar-refractivity contribution in [1.82, 2.24) is 25.3 Å². The largest absolute Gasteiger partial charge is 0.364 e. The van der Waals surface area contributed by atoms with Gasteiger partial charge in [0.25, 0.3) is 5.56 Å². The van der Waals surface area contributed by atoms with Gasteiger partial charge in [-0.05, 0) is 0 Å². The molecule has 0 aromatic carbocycles. The molecule has 0 fully saturated rings. The Labute approximate surface area is 87.9 Å². The standard InChI is InChI=1S/C7H8N6O3/c14-6-5(11-12-7(15)10-6)8-2-1-4-9-3-16-13-4/h3H,1-2H2,(H,8,11)(H2,10,12,14,15). The van der Waals surface area contributed by atoms with E-state index in [0.717, 1.165) is 0 Å². The Kier molecular flexibility index (Phi) is 2.76. The summed E-state index contributed by atoms with van der Waals surface area (Å²) in [5.41, 5.74) is -1.22. The zero-order valence-corrected chi connectivity index (χ0v) is 8.06. The molecule has 0 aliphatic carbocycles. The molecule has 0 aliphatic rings. The highest BCUT2D eigenvalue weighted by atomic mass is 16.5. The minimum atomic E-state index is -0.645. The van der Waals surface area contributed by atoms with Crippen LogP contribution in [0.2, 0.25) is 0 Å². The van der Waals surface area contributed by atoms with Gasteiger partial charge in [-0.1, -0.05) is 5.16 Å². The molecule has 2 aromatic rings. The minimum Gasteiger partial charge on any atom is -0.364 e. The molecule has 0 aliphatic heterocycles. The molecule has 0 bridgehead atoms. The SMILES string of the molecule is O=c1[nH]nc(NCCc2ncon2)c(=O)[nH]1. The van der Waals surface area contributed by atoms with Crippen molar-refractivity contribution < 1.29 is 4.52 Å². The smallest absolute Gasteiger partial charge is 0.342 e. The van der Waals surface area contributed by atoms with E-state index in [2.05, 4.69) is 30.2 Å². The molecule has 0 saturated heterocycles. The number of aromatic nitrogens is 5. The Morgan fingerprint density at radius 3 is 3.00 bits per heavy atom. The molecule has 9 heteroatoms. The molecule has 0 spiro atoms. The van der Waals surface area contributed by atoms with Crippen molar-refractivity contribution in [3.05, 3.63) is 33.1 Å². The molecular formula is C7H8N6O3. The Morgan fingerprint density at radius 2 is 2.31 bits per heavy atom. The first-order valence-electron chi connectivity index (χ1n) is 4.44. The summed E-state index contributed by atoms with van der Waals surface area (Å²) in [6, 6.07) is 0. The van der Waals surface area contributed by atoms with E-state index in [4.69, 9.17) is 0 Å². The van der Waals surface area contributed by atoms with Crippen LogP contribution in [0.3, 0.4) is 0 Å². The number of H-pyrrole nitrogens is 2. The zero-order chi connectivity index (χ0) is 11.4. The normalized spacial score (nSPS) is 10.2. The summed E-state index contributed by atoms with van der Waals surface area (Å²) in [7, 11) is 0. The maximum absolute atomic E-state index is 11.2. The van der Waals surface area contributed by atoms with E-state index in [1.807, 2.05) is 4.98 Å². The number of aromatic amines is 2. The maximum Gasteiger partial charge on any atom is 0.342 e.